The Morgan fingerprint density at radius 2 is 2.12 bits per heavy atom. The highest BCUT2D eigenvalue weighted by atomic mass is 16.3. The number of phenolic OH excluding ortho intramolecular Hbond substituents is 2. The predicted octanol–water partition coefficient (Wildman–Crippen LogP) is 0.565. The van der Waals surface area contributed by atoms with Gasteiger partial charge in [-0.05, 0) is 37.0 Å². The number of carbonyl (C=O) groups is 1. The van der Waals surface area contributed by atoms with Crippen molar-refractivity contribution in [2.75, 3.05) is 6.54 Å². The fourth-order valence-corrected chi connectivity index (χ4v) is 1.99. The molecule has 5 heteroatoms. The number of nitrogens with one attached hydrogen (secondary N) is 1. The number of benzene rings is 1. The zero-order valence-electron chi connectivity index (χ0n) is 9.39. The minimum absolute atomic E-state index is 0.0429. The molecule has 0 atom stereocenters. The van der Waals surface area contributed by atoms with Crippen LogP contribution >= 0.6 is 0 Å². The molecule has 0 bridgehead atoms. The number of hydrogen-bond donors (Lipinski definition) is 4. The number of phenols is 2. The first kappa shape index (κ1) is 11.7. The molecule has 5 N–H and O–H groups in total. The van der Waals surface area contributed by atoms with Gasteiger partial charge < -0.3 is 21.3 Å². The van der Waals surface area contributed by atoms with Gasteiger partial charge >= 0.3 is 0 Å². The summed E-state index contributed by atoms with van der Waals surface area (Å²) < 4.78 is 0. The van der Waals surface area contributed by atoms with Gasteiger partial charge in [0.2, 0.25) is 0 Å². The minimum Gasteiger partial charge on any atom is -0.508 e. The van der Waals surface area contributed by atoms with Gasteiger partial charge in [0.15, 0.2) is 0 Å². The SMILES string of the molecule is NC1CC(CNC(=O)c2cc(O)ccc2O)C1. The van der Waals surface area contributed by atoms with Crippen molar-refractivity contribution in [3.8, 4) is 11.5 Å². The van der Waals surface area contributed by atoms with E-state index in [0.717, 1.165) is 12.8 Å². The summed E-state index contributed by atoms with van der Waals surface area (Å²) in [4.78, 5) is 11.7. The van der Waals surface area contributed by atoms with Crippen molar-refractivity contribution in [2.45, 2.75) is 18.9 Å². The van der Waals surface area contributed by atoms with Crippen LogP contribution in [-0.2, 0) is 0 Å². The summed E-state index contributed by atoms with van der Waals surface area (Å²) in [5.74, 6) is -0.128. The van der Waals surface area contributed by atoms with E-state index in [1.807, 2.05) is 0 Å². The summed E-state index contributed by atoms with van der Waals surface area (Å²) in [6.07, 6.45) is 1.85. The third-order valence-electron chi connectivity index (χ3n) is 3.05. The lowest BCUT2D eigenvalue weighted by Crippen LogP contribution is -2.42. The van der Waals surface area contributed by atoms with Crippen LogP contribution in [-0.4, -0.2) is 28.7 Å². The maximum Gasteiger partial charge on any atom is 0.255 e. The van der Waals surface area contributed by atoms with Crippen LogP contribution in [0.4, 0.5) is 0 Å². The Bertz CT molecular complexity index is 428. The van der Waals surface area contributed by atoms with E-state index in [9.17, 15) is 15.0 Å². The maximum atomic E-state index is 11.7. The predicted molar refractivity (Wildman–Crippen MR) is 62.8 cm³/mol. The van der Waals surface area contributed by atoms with E-state index in [4.69, 9.17) is 5.73 Å². The summed E-state index contributed by atoms with van der Waals surface area (Å²) in [7, 11) is 0. The molecular formula is C12H16N2O3. The summed E-state index contributed by atoms with van der Waals surface area (Å²) in [5, 5.41) is 21.5. The molecule has 92 valence electrons. The van der Waals surface area contributed by atoms with E-state index in [1.165, 1.54) is 18.2 Å². The number of amides is 1. The van der Waals surface area contributed by atoms with E-state index in [-0.39, 0.29) is 29.0 Å². The minimum atomic E-state index is -0.376. The lowest BCUT2D eigenvalue weighted by Gasteiger charge is -2.32. The van der Waals surface area contributed by atoms with Crippen molar-refractivity contribution >= 4 is 5.91 Å². The standard InChI is InChI=1S/C12H16N2O3/c13-8-3-7(4-8)6-14-12(17)10-5-9(15)1-2-11(10)16/h1-2,5,7-8,15-16H,3-4,6,13H2,(H,14,17). The lowest BCUT2D eigenvalue weighted by atomic mass is 9.81. The summed E-state index contributed by atoms with van der Waals surface area (Å²) in [6.45, 7) is 0.557. The first-order valence-corrected chi connectivity index (χ1v) is 5.62. The molecule has 0 unspecified atom stereocenters. The van der Waals surface area contributed by atoms with Gasteiger partial charge in [-0.15, -0.1) is 0 Å². The van der Waals surface area contributed by atoms with Gasteiger partial charge in [-0.3, -0.25) is 4.79 Å². The van der Waals surface area contributed by atoms with Crippen molar-refractivity contribution in [3.63, 3.8) is 0 Å². The topological polar surface area (TPSA) is 95.6 Å². The second-order valence-corrected chi connectivity index (χ2v) is 4.51. The summed E-state index contributed by atoms with van der Waals surface area (Å²) in [6, 6.07) is 4.13. The molecule has 0 aromatic heterocycles. The lowest BCUT2D eigenvalue weighted by molar-refractivity contribution is 0.0932. The van der Waals surface area contributed by atoms with Crippen LogP contribution in [0.5, 0.6) is 11.5 Å². The van der Waals surface area contributed by atoms with E-state index in [2.05, 4.69) is 5.32 Å². The van der Waals surface area contributed by atoms with Crippen molar-refractivity contribution in [1.29, 1.82) is 0 Å². The Labute approximate surface area is 99.3 Å². The molecule has 1 fully saturated rings. The van der Waals surface area contributed by atoms with Crippen LogP contribution < -0.4 is 11.1 Å². The molecule has 1 aromatic carbocycles. The van der Waals surface area contributed by atoms with Crippen molar-refractivity contribution < 1.29 is 15.0 Å². The molecule has 1 saturated carbocycles. The van der Waals surface area contributed by atoms with Crippen LogP contribution in [0.2, 0.25) is 0 Å². The molecule has 2 rings (SSSR count). The largest absolute Gasteiger partial charge is 0.508 e. The number of carbonyl (C=O) groups excluding carboxylic acids is 1. The maximum absolute atomic E-state index is 11.7. The quantitative estimate of drug-likeness (QED) is 0.577. The van der Waals surface area contributed by atoms with Gasteiger partial charge in [-0.25, -0.2) is 0 Å². The van der Waals surface area contributed by atoms with Gasteiger partial charge in [-0.1, -0.05) is 0 Å². The van der Waals surface area contributed by atoms with Gasteiger partial charge in [0.1, 0.15) is 11.5 Å². The molecule has 1 aliphatic carbocycles. The first-order valence-electron chi connectivity index (χ1n) is 5.62. The summed E-state index contributed by atoms with van der Waals surface area (Å²) in [5.41, 5.74) is 5.74. The van der Waals surface area contributed by atoms with Crippen LogP contribution in [0.15, 0.2) is 18.2 Å². The van der Waals surface area contributed by atoms with Gasteiger partial charge in [0.25, 0.3) is 5.91 Å². The second kappa shape index (κ2) is 4.63. The normalized spacial score (nSPS) is 22.9. The Hall–Kier alpha value is -1.75. The van der Waals surface area contributed by atoms with E-state index in [1.54, 1.807) is 0 Å². The van der Waals surface area contributed by atoms with E-state index in [0.29, 0.717) is 12.5 Å². The number of rotatable bonds is 3. The monoisotopic (exact) mass is 236 g/mol. The molecule has 1 aromatic rings. The van der Waals surface area contributed by atoms with Gasteiger partial charge in [0.05, 0.1) is 5.56 Å². The fraction of sp³-hybridized carbons (Fsp3) is 0.417. The van der Waals surface area contributed by atoms with Crippen LogP contribution in [0.3, 0.4) is 0 Å². The van der Waals surface area contributed by atoms with Gasteiger partial charge in [-0.2, -0.15) is 0 Å². The molecule has 1 aliphatic rings. The third kappa shape index (κ3) is 2.68. The number of hydrogen-bond acceptors (Lipinski definition) is 4. The van der Waals surface area contributed by atoms with Crippen molar-refractivity contribution in [3.05, 3.63) is 23.8 Å². The highest BCUT2D eigenvalue weighted by molar-refractivity contribution is 5.97. The van der Waals surface area contributed by atoms with E-state index >= 15 is 0 Å². The fourth-order valence-electron chi connectivity index (χ4n) is 1.99. The Kier molecular flexibility index (Phi) is 3.19. The molecule has 1 amide bonds. The molecule has 5 nitrogen and oxygen atoms in total. The molecule has 0 heterocycles. The molecular weight excluding hydrogens is 220 g/mol. The van der Waals surface area contributed by atoms with Crippen LogP contribution in [0.1, 0.15) is 23.2 Å². The highest BCUT2D eigenvalue weighted by Gasteiger charge is 2.26. The number of aromatic hydroxyl groups is 2. The zero-order valence-corrected chi connectivity index (χ0v) is 9.39. The van der Waals surface area contributed by atoms with Crippen molar-refractivity contribution in [1.82, 2.24) is 5.32 Å². The van der Waals surface area contributed by atoms with Crippen LogP contribution in [0, 0.1) is 5.92 Å². The third-order valence-corrected chi connectivity index (χ3v) is 3.05. The second-order valence-electron chi connectivity index (χ2n) is 4.51. The first-order chi connectivity index (χ1) is 8.06. The average Bonchev–Trinajstić information content (AvgIpc) is 2.26. The van der Waals surface area contributed by atoms with Crippen LogP contribution in [0.25, 0.3) is 0 Å². The van der Waals surface area contributed by atoms with Crippen molar-refractivity contribution in [2.24, 2.45) is 11.7 Å². The summed E-state index contributed by atoms with van der Waals surface area (Å²) >= 11 is 0. The molecule has 0 spiro atoms. The Balaban J connectivity index is 1.92. The Morgan fingerprint density at radius 1 is 1.41 bits per heavy atom. The smallest absolute Gasteiger partial charge is 0.255 e. The van der Waals surface area contributed by atoms with E-state index < -0.39 is 0 Å². The van der Waals surface area contributed by atoms with Gasteiger partial charge in [0, 0.05) is 12.6 Å². The molecule has 0 radical (unpaired) electrons. The molecule has 0 saturated heterocycles. The molecule has 17 heavy (non-hydrogen) atoms. The zero-order chi connectivity index (χ0) is 12.4. The highest BCUT2D eigenvalue weighted by Crippen LogP contribution is 2.25. The number of nitrogens with two attached hydrogens (primary N) is 1. The Morgan fingerprint density at radius 3 is 2.76 bits per heavy atom. The average molecular weight is 236 g/mol. The molecule has 0 aliphatic heterocycles.